The predicted molar refractivity (Wildman–Crippen MR) is 67.5 cm³/mol. The van der Waals surface area contributed by atoms with Crippen molar-refractivity contribution < 1.29 is 9.53 Å². The summed E-state index contributed by atoms with van der Waals surface area (Å²) < 4.78 is 5.22. The molecule has 0 fully saturated rings. The summed E-state index contributed by atoms with van der Waals surface area (Å²) in [6, 6.07) is 3.80. The molecule has 0 heterocycles. The van der Waals surface area contributed by atoms with Gasteiger partial charge >= 0.3 is 0 Å². The molecule has 16 heavy (non-hydrogen) atoms. The Kier molecular flexibility index (Phi) is 4.83. The van der Waals surface area contributed by atoms with Gasteiger partial charge in [-0.05, 0) is 30.4 Å². The van der Waals surface area contributed by atoms with E-state index in [2.05, 4.69) is 6.92 Å². The average molecular weight is 239 g/mol. The first kappa shape index (κ1) is 13.1. The molecule has 88 valence electrons. The van der Waals surface area contributed by atoms with E-state index in [1.54, 1.807) is 18.9 Å². The Morgan fingerprint density at radius 1 is 1.50 bits per heavy atom. The zero-order valence-corrected chi connectivity index (χ0v) is 10.7. The van der Waals surface area contributed by atoms with Crippen molar-refractivity contribution in [2.24, 2.45) is 5.73 Å². The third-order valence-corrected chi connectivity index (χ3v) is 3.29. The van der Waals surface area contributed by atoms with Crippen LogP contribution in [0, 0.1) is 0 Å². The topological polar surface area (TPSA) is 52.3 Å². The van der Waals surface area contributed by atoms with E-state index in [-0.39, 0.29) is 12.3 Å². The van der Waals surface area contributed by atoms with Crippen LogP contribution in [0.2, 0.25) is 0 Å². The van der Waals surface area contributed by atoms with Crippen molar-refractivity contribution in [1.29, 1.82) is 0 Å². The fourth-order valence-corrected chi connectivity index (χ4v) is 2.27. The van der Waals surface area contributed by atoms with Gasteiger partial charge in [0.25, 0.3) is 0 Å². The van der Waals surface area contributed by atoms with Gasteiger partial charge < -0.3 is 10.5 Å². The summed E-state index contributed by atoms with van der Waals surface area (Å²) in [7, 11) is 1.57. The van der Waals surface area contributed by atoms with Gasteiger partial charge in [0.1, 0.15) is 5.75 Å². The van der Waals surface area contributed by atoms with Crippen molar-refractivity contribution in [3.8, 4) is 5.75 Å². The minimum Gasteiger partial charge on any atom is -0.496 e. The Morgan fingerprint density at radius 3 is 2.62 bits per heavy atom. The molecule has 0 aliphatic rings. The van der Waals surface area contributed by atoms with Crippen molar-refractivity contribution in [3.05, 3.63) is 23.3 Å². The third-order valence-electron chi connectivity index (χ3n) is 2.47. The number of hydrogen-bond acceptors (Lipinski definition) is 4. The largest absolute Gasteiger partial charge is 0.496 e. The molecule has 0 amide bonds. The summed E-state index contributed by atoms with van der Waals surface area (Å²) in [5.41, 5.74) is 7.15. The molecule has 1 aromatic carbocycles. The monoisotopic (exact) mass is 239 g/mol. The first-order chi connectivity index (χ1) is 7.67. The number of ketones is 1. The molecule has 1 rings (SSSR count). The van der Waals surface area contributed by atoms with Crippen LogP contribution in [0.4, 0.5) is 0 Å². The lowest BCUT2D eigenvalue weighted by Crippen LogP contribution is -2.15. The molecule has 0 aliphatic carbocycles. The molecule has 0 spiro atoms. The summed E-state index contributed by atoms with van der Waals surface area (Å²) in [5.74, 6) is 0.528. The van der Waals surface area contributed by atoms with Gasteiger partial charge in [0.05, 0.1) is 19.2 Å². The van der Waals surface area contributed by atoms with Crippen LogP contribution in [0.1, 0.15) is 22.8 Å². The van der Waals surface area contributed by atoms with E-state index in [4.69, 9.17) is 10.5 Å². The summed E-state index contributed by atoms with van der Waals surface area (Å²) in [4.78, 5) is 12.8. The van der Waals surface area contributed by atoms with Crippen LogP contribution in [0.15, 0.2) is 17.0 Å². The van der Waals surface area contributed by atoms with Gasteiger partial charge in [-0.1, -0.05) is 6.92 Å². The van der Waals surface area contributed by atoms with Crippen LogP contribution in [-0.4, -0.2) is 25.7 Å². The maximum absolute atomic E-state index is 11.6. The molecule has 0 aromatic heterocycles. The number of hydrogen-bond donors (Lipinski definition) is 1. The summed E-state index contributed by atoms with van der Waals surface area (Å²) in [6.07, 6.45) is 2.92. The van der Waals surface area contributed by atoms with Crippen molar-refractivity contribution in [1.82, 2.24) is 0 Å². The highest BCUT2D eigenvalue weighted by Crippen LogP contribution is 2.29. The number of rotatable bonds is 5. The van der Waals surface area contributed by atoms with Crippen LogP contribution in [0.3, 0.4) is 0 Å². The highest BCUT2D eigenvalue weighted by Gasteiger charge is 2.14. The third kappa shape index (κ3) is 2.57. The van der Waals surface area contributed by atoms with Gasteiger partial charge in [0, 0.05) is 4.90 Å². The van der Waals surface area contributed by atoms with E-state index >= 15 is 0 Å². The van der Waals surface area contributed by atoms with E-state index in [0.29, 0.717) is 11.3 Å². The Morgan fingerprint density at radius 2 is 2.19 bits per heavy atom. The molecule has 1 aromatic rings. The zero-order valence-electron chi connectivity index (χ0n) is 9.87. The molecule has 4 heteroatoms. The number of nitrogens with two attached hydrogens (primary N) is 1. The fraction of sp³-hybridized carbons (Fsp3) is 0.417. The number of aryl methyl sites for hydroxylation is 1. The van der Waals surface area contributed by atoms with Crippen LogP contribution < -0.4 is 10.5 Å². The molecule has 0 unspecified atom stereocenters. The van der Waals surface area contributed by atoms with E-state index in [0.717, 1.165) is 11.3 Å². The summed E-state index contributed by atoms with van der Waals surface area (Å²) >= 11 is 1.63. The minimum atomic E-state index is -0.0881. The molecular formula is C12H17NO2S. The molecule has 0 atom stereocenters. The van der Waals surface area contributed by atoms with Crippen LogP contribution in [-0.2, 0) is 6.42 Å². The Hall–Kier alpha value is -1.00. The number of carbonyl (C=O) groups excluding carboxylic acids is 1. The number of benzene rings is 1. The standard InChI is InChI=1S/C12H17NO2S/c1-4-8-5-11(15-2)9(10(14)7-13)6-12(8)16-3/h5-6H,4,7,13H2,1-3H3. The second-order valence-corrected chi connectivity index (χ2v) is 4.19. The normalized spacial score (nSPS) is 10.2. The number of carbonyl (C=O) groups is 1. The van der Waals surface area contributed by atoms with Gasteiger partial charge in [-0.3, -0.25) is 4.79 Å². The lowest BCUT2D eigenvalue weighted by atomic mass is 10.0. The smallest absolute Gasteiger partial charge is 0.180 e. The average Bonchev–Trinajstić information content (AvgIpc) is 2.35. The molecule has 3 nitrogen and oxygen atoms in total. The van der Waals surface area contributed by atoms with E-state index < -0.39 is 0 Å². The Bertz CT molecular complexity index is 391. The highest BCUT2D eigenvalue weighted by atomic mass is 32.2. The van der Waals surface area contributed by atoms with Gasteiger partial charge in [-0.15, -0.1) is 11.8 Å². The first-order valence-electron chi connectivity index (χ1n) is 5.16. The van der Waals surface area contributed by atoms with Gasteiger partial charge in [-0.25, -0.2) is 0 Å². The predicted octanol–water partition coefficient (Wildman–Crippen LogP) is 2.12. The molecule has 2 N–H and O–H groups in total. The van der Waals surface area contributed by atoms with Gasteiger partial charge in [-0.2, -0.15) is 0 Å². The minimum absolute atomic E-state index is 0.00958. The Labute approximate surface area is 100 Å². The molecule has 0 radical (unpaired) electrons. The molecular weight excluding hydrogens is 222 g/mol. The number of methoxy groups -OCH3 is 1. The highest BCUT2D eigenvalue weighted by molar-refractivity contribution is 7.98. The van der Waals surface area contributed by atoms with Gasteiger partial charge in [0.15, 0.2) is 5.78 Å². The van der Waals surface area contributed by atoms with Crippen LogP contribution in [0.25, 0.3) is 0 Å². The quantitative estimate of drug-likeness (QED) is 0.631. The molecule has 0 aliphatic heterocycles. The van der Waals surface area contributed by atoms with Crippen molar-refractivity contribution in [3.63, 3.8) is 0 Å². The van der Waals surface area contributed by atoms with Crippen LogP contribution in [0.5, 0.6) is 5.75 Å². The number of thioether (sulfide) groups is 1. The SMILES string of the molecule is CCc1cc(OC)c(C(=O)CN)cc1SC. The van der Waals surface area contributed by atoms with Crippen molar-refractivity contribution in [2.45, 2.75) is 18.2 Å². The maximum atomic E-state index is 11.6. The van der Waals surface area contributed by atoms with Gasteiger partial charge in [0.2, 0.25) is 0 Å². The van der Waals surface area contributed by atoms with Crippen molar-refractivity contribution in [2.75, 3.05) is 19.9 Å². The lowest BCUT2D eigenvalue weighted by molar-refractivity contribution is 0.0998. The second kappa shape index (κ2) is 5.92. The zero-order chi connectivity index (χ0) is 12.1. The summed E-state index contributed by atoms with van der Waals surface area (Å²) in [6.45, 7) is 2.09. The van der Waals surface area contributed by atoms with Crippen molar-refractivity contribution >= 4 is 17.5 Å². The second-order valence-electron chi connectivity index (χ2n) is 3.35. The molecule has 0 bridgehead atoms. The number of ether oxygens (including phenoxy) is 1. The lowest BCUT2D eigenvalue weighted by Gasteiger charge is -2.12. The van der Waals surface area contributed by atoms with E-state index in [9.17, 15) is 4.79 Å². The summed E-state index contributed by atoms with van der Waals surface area (Å²) in [5, 5.41) is 0. The maximum Gasteiger partial charge on any atom is 0.180 e. The van der Waals surface area contributed by atoms with Crippen LogP contribution >= 0.6 is 11.8 Å². The fourth-order valence-electron chi connectivity index (χ4n) is 1.57. The first-order valence-corrected chi connectivity index (χ1v) is 6.38. The molecule has 0 saturated heterocycles. The van der Waals surface area contributed by atoms with E-state index in [1.165, 1.54) is 5.56 Å². The van der Waals surface area contributed by atoms with E-state index in [1.807, 2.05) is 18.4 Å². The molecule has 0 saturated carbocycles. The Balaban J connectivity index is 3.31. The number of Topliss-reactive ketones (excluding diaryl/α,β-unsaturated/α-hetero) is 1.